The minimum Gasteiger partial charge on any atom is -0.355 e. The normalized spacial score (nSPS) is 13.0. The molecule has 0 fully saturated rings. The molecule has 0 aliphatic rings. The van der Waals surface area contributed by atoms with Gasteiger partial charge in [0, 0.05) is 59.9 Å². The molecule has 0 spiro atoms. The van der Waals surface area contributed by atoms with Crippen molar-refractivity contribution in [2.45, 2.75) is 6.92 Å². The predicted molar refractivity (Wildman–Crippen MR) is 171 cm³/mol. The van der Waals surface area contributed by atoms with Crippen molar-refractivity contribution < 1.29 is 0 Å². The molecular weight excluding hydrogens is 486 g/mol. The van der Waals surface area contributed by atoms with Crippen molar-refractivity contribution in [2.24, 2.45) is 0 Å². The molecule has 3 aromatic heterocycles. The van der Waals surface area contributed by atoms with Crippen LogP contribution in [0.4, 0.5) is 0 Å². The lowest BCUT2D eigenvalue weighted by atomic mass is 10.1. The number of para-hydroxylation sites is 3. The maximum absolute atomic E-state index is 3.97. The van der Waals surface area contributed by atoms with E-state index in [9.17, 15) is 0 Å². The second kappa shape index (κ2) is 8.62. The van der Waals surface area contributed by atoms with E-state index in [0.29, 0.717) is 0 Å². The van der Waals surface area contributed by atoms with E-state index in [-0.39, 0.29) is 0 Å². The monoisotopic (exact) mass is 513 g/mol. The molecule has 8 aromatic rings. The Morgan fingerprint density at radius 1 is 0.575 bits per heavy atom. The first-order valence-electron chi connectivity index (χ1n) is 13.7. The number of hydrogen-bond donors (Lipinski definition) is 1. The molecule has 0 saturated heterocycles. The third-order valence-electron chi connectivity index (χ3n) is 8.17. The molecule has 190 valence electrons. The average molecular weight is 514 g/mol. The summed E-state index contributed by atoms with van der Waals surface area (Å²) in [6.45, 7) is 6.08. The van der Waals surface area contributed by atoms with E-state index in [2.05, 4.69) is 149 Å². The zero-order valence-corrected chi connectivity index (χ0v) is 22.2. The Kier molecular flexibility index (Phi) is 4.89. The summed E-state index contributed by atoms with van der Waals surface area (Å²) in [5, 5.41) is 8.57. The van der Waals surface area contributed by atoms with E-state index in [1.165, 1.54) is 54.0 Å². The summed E-state index contributed by atoms with van der Waals surface area (Å²) in [4.78, 5) is 3.65. The summed E-state index contributed by atoms with van der Waals surface area (Å²) in [5.41, 5.74) is 8.20. The largest absolute Gasteiger partial charge is 0.355 e. The van der Waals surface area contributed by atoms with E-state index >= 15 is 0 Å². The lowest BCUT2D eigenvalue weighted by Crippen LogP contribution is -2.27. The van der Waals surface area contributed by atoms with E-state index in [1.807, 2.05) is 6.08 Å². The standard InChI is InChI=1S/C37H27N3/c1-3-11-26-27-12-5-8-15-35(27)39(34(26)4-2)24-18-20-32-30(22-24)31-23-25(19-21-33(31)38-32)40-36-16-9-6-13-28(36)29-14-7-10-17-37(29)40/h3-23,38H,1H2,2H3/b26-11-,34-4+. The van der Waals surface area contributed by atoms with Gasteiger partial charge in [-0.3, -0.25) is 0 Å². The highest BCUT2D eigenvalue weighted by molar-refractivity contribution is 6.11. The van der Waals surface area contributed by atoms with Gasteiger partial charge in [-0.2, -0.15) is 0 Å². The molecule has 3 heterocycles. The van der Waals surface area contributed by atoms with Crippen molar-refractivity contribution in [1.82, 2.24) is 14.1 Å². The van der Waals surface area contributed by atoms with Crippen molar-refractivity contribution >= 4 is 66.7 Å². The van der Waals surface area contributed by atoms with Gasteiger partial charge in [0.05, 0.1) is 16.6 Å². The van der Waals surface area contributed by atoms with Gasteiger partial charge in [0.2, 0.25) is 0 Å². The van der Waals surface area contributed by atoms with Crippen LogP contribution in [-0.4, -0.2) is 14.1 Å². The van der Waals surface area contributed by atoms with Crippen LogP contribution in [0.1, 0.15) is 6.92 Å². The number of hydrogen-bond acceptors (Lipinski definition) is 0. The number of nitrogens with one attached hydrogen (secondary N) is 1. The Hall–Kier alpha value is -5.28. The topological polar surface area (TPSA) is 25.6 Å². The van der Waals surface area contributed by atoms with Crippen molar-refractivity contribution in [2.75, 3.05) is 0 Å². The molecule has 1 N–H and O–H groups in total. The Labute approximate surface area is 231 Å². The molecule has 0 saturated carbocycles. The fraction of sp³-hybridized carbons (Fsp3) is 0.0270. The molecule has 0 radical (unpaired) electrons. The fourth-order valence-corrected chi connectivity index (χ4v) is 6.49. The molecule has 40 heavy (non-hydrogen) atoms. The first kappa shape index (κ1) is 22.7. The summed E-state index contributed by atoms with van der Waals surface area (Å²) in [6.07, 6.45) is 6.17. The molecule has 3 heteroatoms. The lowest BCUT2D eigenvalue weighted by Gasteiger charge is -2.09. The minimum absolute atomic E-state index is 1.13. The second-order valence-electron chi connectivity index (χ2n) is 10.3. The number of H-pyrrole nitrogens is 1. The van der Waals surface area contributed by atoms with Crippen LogP contribution in [0.5, 0.6) is 0 Å². The van der Waals surface area contributed by atoms with Gasteiger partial charge in [0.25, 0.3) is 0 Å². The van der Waals surface area contributed by atoms with E-state index in [1.54, 1.807) is 0 Å². The van der Waals surface area contributed by atoms with Crippen molar-refractivity contribution in [1.29, 1.82) is 0 Å². The summed E-state index contributed by atoms with van der Waals surface area (Å²) in [7, 11) is 0. The third kappa shape index (κ3) is 3.12. The molecule has 0 aliphatic carbocycles. The van der Waals surface area contributed by atoms with Crippen LogP contribution in [0.25, 0.3) is 78.0 Å². The van der Waals surface area contributed by atoms with Crippen LogP contribution in [0.3, 0.4) is 0 Å². The second-order valence-corrected chi connectivity index (χ2v) is 10.3. The van der Waals surface area contributed by atoms with Crippen LogP contribution in [0.2, 0.25) is 0 Å². The summed E-state index contributed by atoms with van der Waals surface area (Å²) < 4.78 is 4.74. The minimum atomic E-state index is 1.13. The van der Waals surface area contributed by atoms with Gasteiger partial charge in [-0.1, -0.05) is 79.4 Å². The van der Waals surface area contributed by atoms with Gasteiger partial charge in [-0.25, -0.2) is 0 Å². The van der Waals surface area contributed by atoms with Gasteiger partial charge in [-0.05, 0) is 61.5 Å². The number of benzene rings is 5. The smallest absolute Gasteiger partial charge is 0.0541 e. The summed E-state index contributed by atoms with van der Waals surface area (Å²) >= 11 is 0. The van der Waals surface area contributed by atoms with Gasteiger partial charge in [0.1, 0.15) is 0 Å². The zero-order valence-electron chi connectivity index (χ0n) is 22.2. The van der Waals surface area contributed by atoms with Crippen LogP contribution in [0.15, 0.2) is 122 Å². The van der Waals surface area contributed by atoms with Crippen LogP contribution < -0.4 is 10.6 Å². The molecule has 0 atom stereocenters. The number of aromatic amines is 1. The van der Waals surface area contributed by atoms with Crippen molar-refractivity contribution in [3.63, 3.8) is 0 Å². The molecule has 0 amide bonds. The van der Waals surface area contributed by atoms with Gasteiger partial charge in [0.15, 0.2) is 0 Å². The number of allylic oxidation sites excluding steroid dienone is 1. The zero-order chi connectivity index (χ0) is 26.8. The summed E-state index contributed by atoms with van der Waals surface area (Å²) in [5.74, 6) is 0. The van der Waals surface area contributed by atoms with E-state index in [0.717, 1.165) is 22.4 Å². The van der Waals surface area contributed by atoms with Crippen molar-refractivity contribution in [3.05, 3.63) is 132 Å². The maximum Gasteiger partial charge on any atom is 0.0541 e. The molecule has 8 rings (SSSR count). The van der Waals surface area contributed by atoms with Crippen LogP contribution in [0, 0.1) is 0 Å². The predicted octanol–water partition coefficient (Wildman–Crippen LogP) is 8.13. The molecule has 3 nitrogen and oxygen atoms in total. The molecule has 5 aromatic carbocycles. The Balaban J connectivity index is 1.41. The quantitative estimate of drug-likeness (QED) is 0.247. The average Bonchev–Trinajstić information content (AvgIpc) is 3.64. The molecule has 0 aliphatic heterocycles. The van der Waals surface area contributed by atoms with Crippen molar-refractivity contribution in [3.8, 4) is 11.4 Å². The lowest BCUT2D eigenvalue weighted by molar-refractivity contribution is 1.07. The van der Waals surface area contributed by atoms with Gasteiger partial charge in [-0.15, -0.1) is 0 Å². The fourth-order valence-electron chi connectivity index (χ4n) is 6.49. The van der Waals surface area contributed by atoms with Gasteiger partial charge >= 0.3 is 0 Å². The number of fused-ring (bicyclic) bond motifs is 7. The third-order valence-corrected chi connectivity index (χ3v) is 8.17. The Bertz CT molecular complexity index is 2360. The van der Waals surface area contributed by atoms with Crippen LogP contribution >= 0.6 is 0 Å². The van der Waals surface area contributed by atoms with Crippen LogP contribution in [-0.2, 0) is 0 Å². The van der Waals surface area contributed by atoms with Gasteiger partial charge < -0.3 is 14.1 Å². The Morgan fingerprint density at radius 2 is 1.07 bits per heavy atom. The number of nitrogens with zero attached hydrogens (tertiary/aromatic N) is 2. The highest BCUT2D eigenvalue weighted by Crippen LogP contribution is 2.35. The summed E-state index contributed by atoms with van der Waals surface area (Å²) in [6, 6.07) is 39.4. The Morgan fingerprint density at radius 3 is 1.62 bits per heavy atom. The first-order chi connectivity index (χ1) is 19.8. The highest BCUT2D eigenvalue weighted by atomic mass is 15.0. The molecule has 0 unspecified atom stereocenters. The first-order valence-corrected chi connectivity index (χ1v) is 13.7. The maximum atomic E-state index is 3.97. The highest BCUT2D eigenvalue weighted by Gasteiger charge is 2.14. The molecular formula is C37H27N3. The molecule has 0 bridgehead atoms. The number of rotatable bonds is 3. The number of aromatic nitrogens is 3. The van der Waals surface area contributed by atoms with E-state index in [4.69, 9.17) is 0 Å². The SMILES string of the molecule is C=C/C=c1\c(=C/C)n(-c2ccc3[nH]c4ccc(-n5c6ccccc6c6ccccc65)cc4c3c2)c2ccccc12. The van der Waals surface area contributed by atoms with E-state index < -0.39 is 0 Å².